The number of nitrogens with two attached hydrogens (primary N) is 1. The van der Waals surface area contributed by atoms with Crippen LogP contribution in [0.15, 0.2) is 22.4 Å². The van der Waals surface area contributed by atoms with E-state index in [1.165, 1.54) is 24.4 Å². The van der Waals surface area contributed by atoms with Gasteiger partial charge in [0.1, 0.15) is 18.4 Å². The van der Waals surface area contributed by atoms with E-state index in [2.05, 4.69) is 15.0 Å². The molecule has 114 valence electrons. The van der Waals surface area contributed by atoms with Gasteiger partial charge in [0.15, 0.2) is 5.82 Å². The summed E-state index contributed by atoms with van der Waals surface area (Å²) in [6.07, 6.45) is 2.91. The lowest BCUT2D eigenvalue weighted by atomic mass is 10.4. The minimum absolute atomic E-state index is 0.142. The Morgan fingerprint density at radius 1 is 1.48 bits per heavy atom. The summed E-state index contributed by atoms with van der Waals surface area (Å²) in [5.74, 6) is 0.630. The van der Waals surface area contributed by atoms with E-state index >= 15 is 0 Å². The predicted molar refractivity (Wildman–Crippen MR) is 85.4 cm³/mol. The van der Waals surface area contributed by atoms with E-state index in [0.29, 0.717) is 11.3 Å². The smallest absolute Gasteiger partial charge is 0.258 e. The molecule has 2 N–H and O–H groups in total. The van der Waals surface area contributed by atoms with Gasteiger partial charge in [-0.3, -0.25) is 4.90 Å². The van der Waals surface area contributed by atoms with E-state index in [1.54, 1.807) is 13.3 Å². The maximum atomic E-state index is 12.1. The Morgan fingerprint density at radius 2 is 2.14 bits per heavy atom. The highest BCUT2D eigenvalue weighted by molar-refractivity contribution is 7.69. The van der Waals surface area contributed by atoms with Crippen LogP contribution in [0.5, 0.6) is 5.88 Å². The largest absolute Gasteiger partial charge is 0.478 e. The lowest BCUT2D eigenvalue weighted by molar-refractivity contribution is 0.397. The van der Waals surface area contributed by atoms with Crippen molar-refractivity contribution >= 4 is 47.4 Å². The normalized spacial score (nSPS) is 19.1. The molecule has 1 aliphatic rings. The molecule has 0 radical (unpaired) electrons. The number of aliphatic imine (C=N–C) groups is 1. The third-order valence-corrected chi connectivity index (χ3v) is 4.59. The van der Waals surface area contributed by atoms with Crippen molar-refractivity contribution in [3.8, 4) is 5.88 Å². The predicted octanol–water partition coefficient (Wildman–Crippen LogP) is 1.51. The first-order chi connectivity index (χ1) is 9.74. The summed E-state index contributed by atoms with van der Waals surface area (Å²) < 4.78 is 17.3. The summed E-state index contributed by atoms with van der Waals surface area (Å²) in [6, 6.07) is 0. The van der Waals surface area contributed by atoms with Gasteiger partial charge in [0, 0.05) is 6.20 Å². The zero-order valence-corrected chi connectivity index (χ0v) is 14.0. The molecule has 0 amide bonds. The standard InChI is InChI=1S/C11H14Cl2N5O2P/c1-20-10-9(15-4-7(16-10)21(2,3)19)18-5-6(12)8(14)17-11(18)13/h4-5,11H,1-3H3,(H2,14,17). The second kappa shape index (κ2) is 5.83. The number of methoxy groups -OCH3 is 1. The van der Waals surface area contributed by atoms with Gasteiger partial charge < -0.3 is 15.0 Å². The van der Waals surface area contributed by atoms with Crippen LogP contribution < -0.4 is 20.8 Å². The molecule has 0 bridgehead atoms. The Labute approximate surface area is 132 Å². The van der Waals surface area contributed by atoms with Crippen molar-refractivity contribution in [3.63, 3.8) is 0 Å². The van der Waals surface area contributed by atoms with Crippen molar-refractivity contribution in [2.75, 3.05) is 25.3 Å². The molecule has 0 fully saturated rings. The Balaban J connectivity index is 2.48. The summed E-state index contributed by atoms with van der Waals surface area (Å²) >= 11 is 12.1. The van der Waals surface area contributed by atoms with Crippen LogP contribution in [0.4, 0.5) is 5.82 Å². The van der Waals surface area contributed by atoms with Crippen molar-refractivity contribution in [2.24, 2.45) is 10.7 Å². The summed E-state index contributed by atoms with van der Waals surface area (Å²) in [4.78, 5) is 13.9. The van der Waals surface area contributed by atoms with Crippen molar-refractivity contribution < 1.29 is 9.30 Å². The molecule has 0 spiro atoms. The molecule has 0 aromatic carbocycles. The van der Waals surface area contributed by atoms with Gasteiger partial charge in [-0.2, -0.15) is 0 Å². The van der Waals surface area contributed by atoms with Gasteiger partial charge in [-0.25, -0.2) is 15.0 Å². The molecule has 1 atom stereocenters. The Bertz CT molecular complexity index is 673. The monoisotopic (exact) mass is 349 g/mol. The second-order valence-electron chi connectivity index (χ2n) is 4.62. The van der Waals surface area contributed by atoms with Crippen molar-refractivity contribution in [2.45, 2.75) is 5.62 Å². The van der Waals surface area contributed by atoms with Gasteiger partial charge in [-0.15, -0.1) is 0 Å². The van der Waals surface area contributed by atoms with Crippen LogP contribution in [0.25, 0.3) is 0 Å². The second-order valence-corrected chi connectivity index (χ2v) is 8.58. The van der Waals surface area contributed by atoms with Gasteiger partial charge in [0.2, 0.25) is 5.62 Å². The Kier molecular flexibility index (Phi) is 4.46. The number of halogens is 2. The number of alkyl halides is 1. The summed E-state index contributed by atoms with van der Waals surface area (Å²) in [7, 11) is -1.12. The van der Waals surface area contributed by atoms with Crippen LogP contribution in [-0.2, 0) is 4.57 Å². The van der Waals surface area contributed by atoms with E-state index in [0.717, 1.165) is 0 Å². The number of rotatable bonds is 3. The molecule has 0 saturated heterocycles. The van der Waals surface area contributed by atoms with E-state index in [-0.39, 0.29) is 16.7 Å². The van der Waals surface area contributed by atoms with Crippen LogP contribution in [0.2, 0.25) is 0 Å². The molecule has 7 nitrogen and oxygen atoms in total. The number of ether oxygens (including phenoxy) is 1. The molecule has 1 aromatic heterocycles. The minimum Gasteiger partial charge on any atom is -0.478 e. The number of anilines is 1. The first kappa shape index (κ1) is 16.1. The number of nitrogens with zero attached hydrogens (tertiary/aromatic N) is 4. The van der Waals surface area contributed by atoms with Crippen LogP contribution in [0.1, 0.15) is 0 Å². The molecule has 10 heteroatoms. The summed E-state index contributed by atoms with van der Waals surface area (Å²) in [5, 5.41) is 0.233. The van der Waals surface area contributed by atoms with Gasteiger partial charge >= 0.3 is 0 Å². The van der Waals surface area contributed by atoms with Crippen LogP contribution in [-0.4, -0.2) is 41.9 Å². The van der Waals surface area contributed by atoms with Crippen LogP contribution in [0, 0.1) is 0 Å². The quantitative estimate of drug-likeness (QED) is 0.505. The topological polar surface area (TPSA) is 93.7 Å². The fourth-order valence-corrected chi connectivity index (χ4v) is 2.66. The zero-order chi connectivity index (χ0) is 15.8. The lowest BCUT2D eigenvalue weighted by Gasteiger charge is -2.27. The molecule has 0 saturated carbocycles. The maximum Gasteiger partial charge on any atom is 0.258 e. The minimum atomic E-state index is -2.55. The molecule has 0 aliphatic carbocycles. The number of amidine groups is 1. The molecule has 2 rings (SSSR count). The lowest BCUT2D eigenvalue weighted by Crippen LogP contribution is -2.34. The molecular weight excluding hydrogens is 336 g/mol. The fourth-order valence-electron chi connectivity index (χ4n) is 1.58. The van der Waals surface area contributed by atoms with Crippen LogP contribution >= 0.6 is 30.3 Å². The van der Waals surface area contributed by atoms with Gasteiger partial charge in [0.05, 0.1) is 18.3 Å². The number of aromatic nitrogens is 2. The molecule has 1 aromatic rings. The Hall–Kier alpha value is -1.30. The highest BCUT2D eigenvalue weighted by atomic mass is 35.5. The first-order valence-electron chi connectivity index (χ1n) is 5.84. The van der Waals surface area contributed by atoms with E-state index in [1.807, 2.05) is 0 Å². The molecule has 21 heavy (non-hydrogen) atoms. The van der Waals surface area contributed by atoms with Crippen LogP contribution in [0.3, 0.4) is 0 Å². The zero-order valence-electron chi connectivity index (χ0n) is 11.6. The van der Waals surface area contributed by atoms with Gasteiger partial charge in [-0.1, -0.05) is 23.2 Å². The van der Waals surface area contributed by atoms with Gasteiger partial charge in [0.25, 0.3) is 5.88 Å². The highest BCUT2D eigenvalue weighted by Crippen LogP contribution is 2.36. The van der Waals surface area contributed by atoms with Crippen molar-refractivity contribution in [1.82, 2.24) is 9.97 Å². The van der Waals surface area contributed by atoms with Crippen molar-refractivity contribution in [3.05, 3.63) is 17.4 Å². The third kappa shape index (κ3) is 3.31. The SMILES string of the molecule is COc1nc(P(C)(C)=O)cnc1N1C=C(Cl)C(N)=NC1Cl. The number of hydrogen-bond donors (Lipinski definition) is 1. The third-order valence-electron chi connectivity index (χ3n) is 2.67. The van der Waals surface area contributed by atoms with E-state index in [9.17, 15) is 4.57 Å². The maximum absolute atomic E-state index is 12.1. The van der Waals surface area contributed by atoms with E-state index < -0.39 is 12.8 Å². The fraction of sp³-hybridized carbons (Fsp3) is 0.364. The summed E-state index contributed by atoms with van der Waals surface area (Å²) in [5.41, 5.74) is 5.14. The average Bonchev–Trinajstić information content (AvgIpc) is 2.41. The van der Waals surface area contributed by atoms with Crippen molar-refractivity contribution in [1.29, 1.82) is 0 Å². The van der Waals surface area contributed by atoms with E-state index in [4.69, 9.17) is 33.7 Å². The number of hydrogen-bond acceptors (Lipinski definition) is 7. The first-order valence-corrected chi connectivity index (χ1v) is 9.25. The molecule has 2 heterocycles. The molecular formula is C11H14Cl2N5O2P. The Morgan fingerprint density at radius 3 is 2.71 bits per heavy atom. The highest BCUT2D eigenvalue weighted by Gasteiger charge is 2.26. The molecule has 1 aliphatic heterocycles. The van der Waals surface area contributed by atoms with Gasteiger partial charge in [-0.05, 0) is 13.3 Å². The summed E-state index contributed by atoms with van der Waals surface area (Å²) in [6.45, 7) is 3.20. The average molecular weight is 350 g/mol. The molecule has 1 unspecified atom stereocenters.